The van der Waals surface area contributed by atoms with Crippen LogP contribution in [0.4, 0.5) is 21.5 Å². The van der Waals surface area contributed by atoms with Gasteiger partial charge in [0.15, 0.2) is 0 Å². The molecule has 0 spiro atoms. The lowest BCUT2D eigenvalue weighted by Gasteiger charge is -2.14. The van der Waals surface area contributed by atoms with Gasteiger partial charge in [0.25, 0.3) is 5.91 Å². The van der Waals surface area contributed by atoms with Crippen molar-refractivity contribution in [2.24, 2.45) is 0 Å². The Balaban J connectivity index is 2.22. The SMILES string of the molecule is CC(=O)Nc1ccc(F)c(NC(=O)c2cccc(N(C)C)c2)c1. The van der Waals surface area contributed by atoms with Gasteiger partial charge in [-0.1, -0.05) is 6.07 Å². The van der Waals surface area contributed by atoms with Crippen molar-refractivity contribution in [1.29, 1.82) is 0 Å². The summed E-state index contributed by atoms with van der Waals surface area (Å²) in [6.07, 6.45) is 0. The van der Waals surface area contributed by atoms with Crippen LogP contribution in [0.15, 0.2) is 42.5 Å². The van der Waals surface area contributed by atoms with Crippen LogP contribution in [0.25, 0.3) is 0 Å². The molecule has 0 bridgehead atoms. The molecule has 0 heterocycles. The van der Waals surface area contributed by atoms with E-state index in [9.17, 15) is 14.0 Å². The maximum Gasteiger partial charge on any atom is 0.255 e. The Morgan fingerprint density at radius 2 is 1.78 bits per heavy atom. The number of carbonyl (C=O) groups excluding carboxylic acids is 2. The Labute approximate surface area is 134 Å². The van der Waals surface area contributed by atoms with Crippen LogP contribution < -0.4 is 15.5 Å². The highest BCUT2D eigenvalue weighted by Crippen LogP contribution is 2.21. The Bertz CT molecular complexity index is 744. The Hall–Kier alpha value is -2.89. The molecule has 0 fully saturated rings. The molecular weight excluding hydrogens is 297 g/mol. The van der Waals surface area contributed by atoms with E-state index in [0.29, 0.717) is 11.3 Å². The average Bonchev–Trinajstić information content (AvgIpc) is 2.50. The minimum Gasteiger partial charge on any atom is -0.378 e. The summed E-state index contributed by atoms with van der Waals surface area (Å²) in [5, 5.41) is 5.07. The fourth-order valence-electron chi connectivity index (χ4n) is 2.02. The summed E-state index contributed by atoms with van der Waals surface area (Å²) < 4.78 is 13.9. The van der Waals surface area contributed by atoms with Crippen LogP contribution in [0.1, 0.15) is 17.3 Å². The van der Waals surface area contributed by atoms with E-state index in [0.717, 1.165) is 5.69 Å². The smallest absolute Gasteiger partial charge is 0.255 e. The summed E-state index contributed by atoms with van der Waals surface area (Å²) >= 11 is 0. The lowest BCUT2D eigenvalue weighted by molar-refractivity contribution is -0.114. The van der Waals surface area contributed by atoms with Crippen LogP contribution in [-0.4, -0.2) is 25.9 Å². The van der Waals surface area contributed by atoms with Crippen LogP contribution in [0.5, 0.6) is 0 Å². The lowest BCUT2D eigenvalue weighted by Crippen LogP contribution is -2.15. The Kier molecular flexibility index (Phi) is 4.95. The molecule has 0 aliphatic heterocycles. The standard InChI is InChI=1S/C17H18FN3O2/c1-11(22)19-13-7-8-15(18)16(10-13)20-17(23)12-5-4-6-14(9-12)21(2)3/h4-10H,1-3H3,(H,19,22)(H,20,23). The zero-order valence-electron chi connectivity index (χ0n) is 13.2. The first-order valence-corrected chi connectivity index (χ1v) is 7.02. The highest BCUT2D eigenvalue weighted by molar-refractivity contribution is 6.05. The van der Waals surface area contributed by atoms with Crippen molar-refractivity contribution in [3.05, 3.63) is 53.8 Å². The molecule has 23 heavy (non-hydrogen) atoms. The topological polar surface area (TPSA) is 61.4 Å². The van der Waals surface area contributed by atoms with Crippen molar-refractivity contribution >= 4 is 28.9 Å². The van der Waals surface area contributed by atoms with Gasteiger partial charge >= 0.3 is 0 Å². The van der Waals surface area contributed by atoms with Gasteiger partial charge in [0, 0.05) is 38.0 Å². The van der Waals surface area contributed by atoms with E-state index in [4.69, 9.17) is 0 Å². The van der Waals surface area contributed by atoms with E-state index < -0.39 is 11.7 Å². The number of nitrogens with zero attached hydrogens (tertiary/aromatic N) is 1. The van der Waals surface area contributed by atoms with Crippen molar-refractivity contribution < 1.29 is 14.0 Å². The number of nitrogens with one attached hydrogen (secondary N) is 2. The number of rotatable bonds is 4. The highest BCUT2D eigenvalue weighted by Gasteiger charge is 2.11. The first-order chi connectivity index (χ1) is 10.9. The molecule has 5 nitrogen and oxygen atoms in total. The molecule has 0 unspecified atom stereocenters. The molecule has 0 atom stereocenters. The third kappa shape index (κ3) is 4.29. The van der Waals surface area contributed by atoms with Crippen LogP contribution in [0.3, 0.4) is 0 Å². The number of anilines is 3. The van der Waals surface area contributed by atoms with Gasteiger partial charge < -0.3 is 15.5 Å². The average molecular weight is 315 g/mol. The molecule has 0 aliphatic carbocycles. The van der Waals surface area contributed by atoms with Gasteiger partial charge in [0.1, 0.15) is 5.82 Å². The molecule has 0 aliphatic rings. The molecule has 0 aromatic heterocycles. The van der Waals surface area contributed by atoms with E-state index >= 15 is 0 Å². The third-order valence-electron chi connectivity index (χ3n) is 3.16. The highest BCUT2D eigenvalue weighted by atomic mass is 19.1. The molecule has 2 rings (SSSR count). The van der Waals surface area contributed by atoms with E-state index in [-0.39, 0.29) is 11.6 Å². The van der Waals surface area contributed by atoms with E-state index in [1.165, 1.54) is 25.1 Å². The maximum absolute atomic E-state index is 13.9. The molecule has 120 valence electrons. The number of hydrogen-bond donors (Lipinski definition) is 2. The zero-order valence-corrected chi connectivity index (χ0v) is 13.2. The van der Waals surface area contributed by atoms with Crippen LogP contribution in [0, 0.1) is 5.82 Å². The fraction of sp³-hybridized carbons (Fsp3) is 0.176. The maximum atomic E-state index is 13.9. The van der Waals surface area contributed by atoms with E-state index in [1.807, 2.05) is 25.1 Å². The number of amides is 2. The summed E-state index contributed by atoms with van der Waals surface area (Å²) in [5.41, 5.74) is 1.71. The van der Waals surface area contributed by atoms with Gasteiger partial charge in [-0.05, 0) is 36.4 Å². The molecule has 2 aromatic rings. The Morgan fingerprint density at radius 3 is 2.43 bits per heavy atom. The van der Waals surface area contributed by atoms with Crippen molar-refractivity contribution in [2.75, 3.05) is 29.6 Å². The van der Waals surface area contributed by atoms with Gasteiger partial charge in [-0.2, -0.15) is 0 Å². The predicted octanol–water partition coefficient (Wildman–Crippen LogP) is 3.10. The number of hydrogen-bond acceptors (Lipinski definition) is 3. The van der Waals surface area contributed by atoms with Crippen LogP contribution in [0.2, 0.25) is 0 Å². The van der Waals surface area contributed by atoms with E-state index in [1.54, 1.807) is 18.2 Å². The molecule has 6 heteroatoms. The first kappa shape index (κ1) is 16.5. The molecule has 0 saturated heterocycles. The monoisotopic (exact) mass is 315 g/mol. The van der Waals surface area contributed by atoms with E-state index in [2.05, 4.69) is 10.6 Å². The Morgan fingerprint density at radius 1 is 1.04 bits per heavy atom. The largest absolute Gasteiger partial charge is 0.378 e. The first-order valence-electron chi connectivity index (χ1n) is 7.02. The van der Waals surface area contributed by atoms with Gasteiger partial charge in [0.2, 0.25) is 5.91 Å². The van der Waals surface area contributed by atoms with Gasteiger partial charge in [-0.3, -0.25) is 9.59 Å². The summed E-state index contributed by atoms with van der Waals surface area (Å²) in [5.74, 6) is -1.27. The molecule has 2 N–H and O–H groups in total. The fourth-order valence-corrected chi connectivity index (χ4v) is 2.02. The number of halogens is 1. The zero-order chi connectivity index (χ0) is 17.0. The minimum absolute atomic E-state index is 0.0107. The van der Waals surface area contributed by atoms with Crippen molar-refractivity contribution in [3.8, 4) is 0 Å². The summed E-state index contributed by atoms with van der Waals surface area (Å²) in [4.78, 5) is 25.2. The summed E-state index contributed by atoms with van der Waals surface area (Å²) in [6, 6.07) is 11.0. The molecule has 0 radical (unpaired) electrons. The minimum atomic E-state index is -0.573. The summed E-state index contributed by atoms with van der Waals surface area (Å²) in [6.45, 7) is 1.36. The molecule has 2 aromatic carbocycles. The van der Waals surface area contributed by atoms with Crippen LogP contribution >= 0.6 is 0 Å². The van der Waals surface area contributed by atoms with Gasteiger partial charge in [0.05, 0.1) is 5.69 Å². The second kappa shape index (κ2) is 6.91. The third-order valence-corrected chi connectivity index (χ3v) is 3.16. The molecule has 2 amide bonds. The molecular formula is C17H18FN3O2. The number of benzene rings is 2. The van der Waals surface area contributed by atoms with Gasteiger partial charge in [-0.25, -0.2) is 4.39 Å². The van der Waals surface area contributed by atoms with Crippen molar-refractivity contribution in [1.82, 2.24) is 0 Å². The van der Waals surface area contributed by atoms with Crippen molar-refractivity contribution in [2.45, 2.75) is 6.92 Å². The predicted molar refractivity (Wildman–Crippen MR) is 89.4 cm³/mol. The quantitative estimate of drug-likeness (QED) is 0.911. The van der Waals surface area contributed by atoms with Gasteiger partial charge in [-0.15, -0.1) is 0 Å². The lowest BCUT2D eigenvalue weighted by atomic mass is 10.1. The van der Waals surface area contributed by atoms with Crippen LogP contribution in [-0.2, 0) is 4.79 Å². The van der Waals surface area contributed by atoms with Crippen molar-refractivity contribution in [3.63, 3.8) is 0 Å². The number of carbonyl (C=O) groups is 2. The summed E-state index contributed by atoms with van der Waals surface area (Å²) in [7, 11) is 3.74. The second-order valence-electron chi connectivity index (χ2n) is 5.27. The molecule has 0 saturated carbocycles. The second-order valence-corrected chi connectivity index (χ2v) is 5.27. The normalized spacial score (nSPS) is 10.1.